The fraction of sp³-hybridized carbons (Fsp3) is 0.278. The van der Waals surface area contributed by atoms with Crippen molar-refractivity contribution in [3.8, 4) is 5.75 Å². The second-order valence-electron chi connectivity index (χ2n) is 5.78. The molecule has 0 aliphatic carbocycles. The van der Waals surface area contributed by atoms with Crippen LogP contribution in [0.2, 0.25) is 0 Å². The van der Waals surface area contributed by atoms with E-state index in [1.165, 1.54) is 12.1 Å². The molecule has 3 rings (SSSR count). The van der Waals surface area contributed by atoms with E-state index in [-0.39, 0.29) is 11.7 Å². The van der Waals surface area contributed by atoms with Gasteiger partial charge < -0.3 is 20.1 Å². The SMILES string of the molecule is CN(c1cccc(F)c1)c1ccc2c(c1)OCC[C@H]2CNC(=O)O. The molecule has 1 aliphatic heterocycles. The smallest absolute Gasteiger partial charge is 0.404 e. The molecule has 2 N–H and O–H groups in total. The van der Waals surface area contributed by atoms with Gasteiger partial charge in [-0.1, -0.05) is 12.1 Å². The second-order valence-corrected chi connectivity index (χ2v) is 5.78. The Hall–Kier alpha value is -2.76. The van der Waals surface area contributed by atoms with E-state index in [2.05, 4.69) is 5.32 Å². The number of benzene rings is 2. The maximum Gasteiger partial charge on any atom is 0.404 e. The van der Waals surface area contributed by atoms with Gasteiger partial charge in [-0.2, -0.15) is 0 Å². The molecule has 0 unspecified atom stereocenters. The van der Waals surface area contributed by atoms with Crippen LogP contribution in [-0.4, -0.2) is 31.4 Å². The standard InChI is InChI=1S/C18H19FN2O3/c1-21(14-4-2-3-13(19)9-14)15-5-6-16-12(11-20-18(22)23)7-8-24-17(16)10-15/h2-6,9-10,12,20H,7-8,11H2,1H3,(H,22,23)/t12-/m0/s1. The molecule has 5 nitrogen and oxygen atoms in total. The Morgan fingerprint density at radius 3 is 2.88 bits per heavy atom. The minimum absolute atomic E-state index is 0.0957. The number of hydrogen-bond acceptors (Lipinski definition) is 3. The van der Waals surface area contributed by atoms with Gasteiger partial charge in [0.05, 0.1) is 6.61 Å². The molecule has 0 radical (unpaired) electrons. The number of carbonyl (C=O) groups is 1. The van der Waals surface area contributed by atoms with Crippen molar-refractivity contribution < 1.29 is 19.0 Å². The van der Waals surface area contributed by atoms with Gasteiger partial charge in [-0.15, -0.1) is 0 Å². The van der Waals surface area contributed by atoms with E-state index in [0.717, 1.165) is 29.1 Å². The lowest BCUT2D eigenvalue weighted by Gasteiger charge is -2.28. The maximum absolute atomic E-state index is 13.4. The predicted octanol–water partition coefficient (Wildman–Crippen LogP) is 3.73. The zero-order valence-electron chi connectivity index (χ0n) is 13.3. The molecule has 2 aromatic carbocycles. The fourth-order valence-corrected chi connectivity index (χ4v) is 2.92. The minimum atomic E-state index is -1.02. The summed E-state index contributed by atoms with van der Waals surface area (Å²) >= 11 is 0. The van der Waals surface area contributed by atoms with Crippen molar-refractivity contribution in [2.45, 2.75) is 12.3 Å². The lowest BCUT2D eigenvalue weighted by atomic mass is 9.92. The summed E-state index contributed by atoms with van der Waals surface area (Å²) in [6.45, 7) is 0.914. The highest BCUT2D eigenvalue weighted by atomic mass is 19.1. The summed E-state index contributed by atoms with van der Waals surface area (Å²) in [6.07, 6.45) is -0.252. The van der Waals surface area contributed by atoms with Crippen molar-refractivity contribution in [2.75, 3.05) is 25.1 Å². The highest BCUT2D eigenvalue weighted by Gasteiger charge is 2.23. The monoisotopic (exact) mass is 330 g/mol. The van der Waals surface area contributed by atoms with E-state index < -0.39 is 6.09 Å². The van der Waals surface area contributed by atoms with Crippen LogP contribution in [0, 0.1) is 5.82 Å². The summed E-state index contributed by atoms with van der Waals surface area (Å²) in [4.78, 5) is 12.6. The Morgan fingerprint density at radius 2 is 2.12 bits per heavy atom. The lowest BCUT2D eigenvalue weighted by Crippen LogP contribution is -2.29. The molecular formula is C18H19FN2O3. The molecule has 0 bridgehead atoms. The summed E-state index contributed by atoms with van der Waals surface area (Å²) in [5.41, 5.74) is 2.62. The number of hydrogen-bond donors (Lipinski definition) is 2. The molecule has 2 aromatic rings. The number of nitrogens with zero attached hydrogens (tertiary/aromatic N) is 1. The van der Waals surface area contributed by atoms with Gasteiger partial charge in [0.1, 0.15) is 11.6 Å². The zero-order chi connectivity index (χ0) is 17.1. The molecule has 1 atom stereocenters. The number of rotatable bonds is 4. The predicted molar refractivity (Wildman–Crippen MR) is 89.8 cm³/mol. The first-order valence-electron chi connectivity index (χ1n) is 7.77. The van der Waals surface area contributed by atoms with E-state index in [1.54, 1.807) is 6.07 Å². The molecule has 24 heavy (non-hydrogen) atoms. The zero-order valence-corrected chi connectivity index (χ0v) is 13.3. The highest BCUT2D eigenvalue weighted by Crippen LogP contribution is 2.37. The molecule has 1 heterocycles. The van der Waals surface area contributed by atoms with Crippen LogP contribution in [0.15, 0.2) is 42.5 Å². The largest absolute Gasteiger partial charge is 0.493 e. The second kappa shape index (κ2) is 6.78. The molecule has 6 heteroatoms. The number of anilines is 2. The topological polar surface area (TPSA) is 61.8 Å². The molecule has 0 saturated heterocycles. The number of halogens is 1. The average Bonchev–Trinajstić information content (AvgIpc) is 2.58. The maximum atomic E-state index is 13.4. The van der Waals surface area contributed by atoms with Crippen molar-refractivity contribution in [3.05, 3.63) is 53.8 Å². The van der Waals surface area contributed by atoms with Crippen LogP contribution < -0.4 is 15.0 Å². The summed E-state index contributed by atoms with van der Waals surface area (Å²) in [6, 6.07) is 12.2. The summed E-state index contributed by atoms with van der Waals surface area (Å²) < 4.78 is 19.1. The Morgan fingerprint density at radius 1 is 1.33 bits per heavy atom. The molecule has 0 spiro atoms. The molecule has 126 valence electrons. The summed E-state index contributed by atoms with van der Waals surface area (Å²) in [5.74, 6) is 0.561. The van der Waals surface area contributed by atoms with Gasteiger partial charge >= 0.3 is 6.09 Å². The molecule has 0 fully saturated rings. The van der Waals surface area contributed by atoms with Crippen LogP contribution in [-0.2, 0) is 0 Å². The van der Waals surface area contributed by atoms with E-state index in [4.69, 9.17) is 9.84 Å². The van der Waals surface area contributed by atoms with Crippen molar-refractivity contribution in [3.63, 3.8) is 0 Å². The number of fused-ring (bicyclic) bond motifs is 1. The van der Waals surface area contributed by atoms with Gasteiger partial charge in [-0.25, -0.2) is 9.18 Å². The molecule has 0 saturated carbocycles. The first-order chi connectivity index (χ1) is 11.5. The third kappa shape index (κ3) is 3.42. The quantitative estimate of drug-likeness (QED) is 0.897. The van der Waals surface area contributed by atoms with E-state index >= 15 is 0 Å². The Kier molecular flexibility index (Phi) is 4.55. The number of amides is 1. The van der Waals surface area contributed by atoms with E-state index in [1.807, 2.05) is 36.2 Å². The van der Waals surface area contributed by atoms with Crippen LogP contribution in [0.3, 0.4) is 0 Å². The number of ether oxygens (including phenoxy) is 1. The summed E-state index contributed by atoms with van der Waals surface area (Å²) in [5, 5.41) is 11.2. The third-order valence-electron chi connectivity index (χ3n) is 4.24. The lowest BCUT2D eigenvalue weighted by molar-refractivity contribution is 0.191. The van der Waals surface area contributed by atoms with Gasteiger partial charge in [0.15, 0.2) is 0 Å². The van der Waals surface area contributed by atoms with Crippen LogP contribution in [0.5, 0.6) is 5.75 Å². The van der Waals surface area contributed by atoms with Crippen LogP contribution in [0.25, 0.3) is 0 Å². The normalized spacial score (nSPS) is 16.0. The molecule has 1 aliphatic rings. The fourth-order valence-electron chi connectivity index (χ4n) is 2.92. The van der Waals surface area contributed by atoms with Gasteiger partial charge in [0, 0.05) is 37.0 Å². The van der Waals surface area contributed by atoms with Crippen molar-refractivity contribution >= 4 is 17.5 Å². The van der Waals surface area contributed by atoms with E-state index in [0.29, 0.717) is 13.2 Å². The van der Waals surface area contributed by atoms with Gasteiger partial charge in [-0.3, -0.25) is 0 Å². The average molecular weight is 330 g/mol. The number of nitrogens with one attached hydrogen (secondary N) is 1. The van der Waals surface area contributed by atoms with Gasteiger partial charge in [-0.05, 0) is 36.2 Å². The van der Waals surface area contributed by atoms with Crippen LogP contribution in [0.1, 0.15) is 17.9 Å². The van der Waals surface area contributed by atoms with Gasteiger partial charge in [0.25, 0.3) is 0 Å². The van der Waals surface area contributed by atoms with Crippen molar-refractivity contribution in [1.82, 2.24) is 5.32 Å². The van der Waals surface area contributed by atoms with E-state index in [9.17, 15) is 9.18 Å². The van der Waals surface area contributed by atoms with Crippen molar-refractivity contribution in [2.24, 2.45) is 0 Å². The molecule has 0 aromatic heterocycles. The first kappa shape index (κ1) is 16.1. The number of carboxylic acid groups (broad SMARTS) is 1. The van der Waals surface area contributed by atoms with Gasteiger partial charge in [0.2, 0.25) is 0 Å². The molecular weight excluding hydrogens is 311 g/mol. The Balaban J connectivity index is 1.84. The van der Waals surface area contributed by atoms with Crippen LogP contribution in [0.4, 0.5) is 20.6 Å². The Labute approximate surface area is 139 Å². The first-order valence-corrected chi connectivity index (χ1v) is 7.77. The van der Waals surface area contributed by atoms with Crippen LogP contribution >= 0.6 is 0 Å². The molecule has 1 amide bonds. The summed E-state index contributed by atoms with van der Waals surface area (Å²) in [7, 11) is 1.86. The highest BCUT2D eigenvalue weighted by molar-refractivity contribution is 5.66. The Bertz CT molecular complexity index is 751. The minimum Gasteiger partial charge on any atom is -0.493 e. The third-order valence-corrected chi connectivity index (χ3v) is 4.24. The van der Waals surface area contributed by atoms with Crippen molar-refractivity contribution in [1.29, 1.82) is 0 Å².